The number of nitrogens with one attached hydrogen (secondary N) is 2. The molecular weight excluding hydrogens is 310 g/mol. The molecule has 2 aliphatic rings. The topological polar surface area (TPSA) is 42.9 Å². The Labute approximate surface area is 155 Å². The average Bonchev–Trinajstić information content (AvgIpc) is 2.61. The predicted octanol–water partition coefficient (Wildman–Crippen LogP) is 2.54. The summed E-state index contributed by atoms with van der Waals surface area (Å²) < 4.78 is 0. The molecule has 25 heavy (non-hydrogen) atoms. The smallest absolute Gasteiger partial charge is 0.191 e. The third-order valence-electron chi connectivity index (χ3n) is 5.52. The summed E-state index contributed by atoms with van der Waals surface area (Å²) in [5.41, 5.74) is 0. The van der Waals surface area contributed by atoms with Crippen molar-refractivity contribution in [3.63, 3.8) is 0 Å². The number of guanidine groups is 1. The van der Waals surface area contributed by atoms with Crippen LogP contribution in [0.1, 0.15) is 59.8 Å². The molecule has 1 atom stereocenters. The summed E-state index contributed by atoms with van der Waals surface area (Å²) in [7, 11) is 0. The van der Waals surface area contributed by atoms with E-state index in [1.165, 1.54) is 64.8 Å². The van der Waals surface area contributed by atoms with E-state index in [2.05, 4.69) is 48.1 Å². The highest BCUT2D eigenvalue weighted by atomic mass is 15.2. The van der Waals surface area contributed by atoms with Gasteiger partial charge in [0, 0.05) is 44.8 Å². The minimum Gasteiger partial charge on any atom is -0.357 e. The van der Waals surface area contributed by atoms with Crippen LogP contribution in [0.25, 0.3) is 0 Å². The quantitative estimate of drug-likeness (QED) is 0.546. The molecule has 2 heterocycles. The molecule has 0 aromatic rings. The summed E-state index contributed by atoms with van der Waals surface area (Å²) in [6.07, 6.45) is 6.58. The van der Waals surface area contributed by atoms with Crippen LogP contribution in [0.3, 0.4) is 0 Å². The minimum absolute atomic E-state index is 0.560. The van der Waals surface area contributed by atoms with Gasteiger partial charge in [-0.2, -0.15) is 0 Å². The van der Waals surface area contributed by atoms with E-state index in [4.69, 9.17) is 4.99 Å². The van der Waals surface area contributed by atoms with Gasteiger partial charge in [0.05, 0.1) is 0 Å². The standard InChI is InChI=1S/C20H41N5/c1-5-21-20(23-19-9-13-25(14-10-19)17(2)3)22-15-18(4)16-24-11-7-6-8-12-24/h17-19H,5-16H2,1-4H3,(H2,21,22,23). The van der Waals surface area contributed by atoms with Crippen molar-refractivity contribution < 1.29 is 0 Å². The van der Waals surface area contributed by atoms with Crippen molar-refractivity contribution in [3.05, 3.63) is 0 Å². The van der Waals surface area contributed by atoms with Crippen molar-refractivity contribution in [3.8, 4) is 0 Å². The zero-order valence-corrected chi connectivity index (χ0v) is 17.1. The van der Waals surface area contributed by atoms with Crippen LogP contribution >= 0.6 is 0 Å². The second-order valence-electron chi connectivity index (χ2n) is 8.23. The van der Waals surface area contributed by atoms with Crippen molar-refractivity contribution >= 4 is 5.96 Å². The predicted molar refractivity (Wildman–Crippen MR) is 108 cm³/mol. The molecule has 0 spiro atoms. The molecule has 0 bridgehead atoms. The molecular formula is C20H41N5. The van der Waals surface area contributed by atoms with Crippen molar-refractivity contribution in [2.24, 2.45) is 10.9 Å². The lowest BCUT2D eigenvalue weighted by atomic mass is 10.0. The molecule has 2 fully saturated rings. The maximum absolute atomic E-state index is 4.88. The van der Waals surface area contributed by atoms with Crippen LogP contribution in [0, 0.1) is 5.92 Å². The summed E-state index contributed by atoms with van der Waals surface area (Å²) in [6, 6.07) is 1.23. The Morgan fingerprint density at radius 3 is 2.32 bits per heavy atom. The van der Waals surface area contributed by atoms with E-state index in [1.807, 2.05) is 0 Å². The fraction of sp³-hybridized carbons (Fsp3) is 0.950. The molecule has 0 amide bonds. The van der Waals surface area contributed by atoms with E-state index in [0.717, 1.165) is 19.0 Å². The molecule has 0 aliphatic carbocycles. The molecule has 0 saturated carbocycles. The highest BCUT2D eigenvalue weighted by Gasteiger charge is 2.21. The lowest BCUT2D eigenvalue weighted by molar-refractivity contribution is 0.167. The van der Waals surface area contributed by atoms with Gasteiger partial charge in [-0.05, 0) is 65.5 Å². The normalized spacial score (nSPS) is 23.0. The minimum atomic E-state index is 0.560. The van der Waals surface area contributed by atoms with Crippen LogP contribution in [0.15, 0.2) is 4.99 Å². The van der Waals surface area contributed by atoms with Gasteiger partial charge in [0.15, 0.2) is 5.96 Å². The number of hydrogen-bond donors (Lipinski definition) is 2. The third kappa shape index (κ3) is 7.53. The Morgan fingerprint density at radius 2 is 1.72 bits per heavy atom. The van der Waals surface area contributed by atoms with E-state index in [9.17, 15) is 0 Å². The first kappa shape index (κ1) is 20.5. The van der Waals surface area contributed by atoms with E-state index in [1.54, 1.807) is 0 Å². The van der Waals surface area contributed by atoms with Gasteiger partial charge in [0.2, 0.25) is 0 Å². The monoisotopic (exact) mass is 351 g/mol. The molecule has 2 N–H and O–H groups in total. The molecule has 0 radical (unpaired) electrons. The maximum atomic E-state index is 4.88. The Hall–Kier alpha value is -0.810. The summed E-state index contributed by atoms with van der Waals surface area (Å²) in [4.78, 5) is 10.1. The number of rotatable bonds is 7. The van der Waals surface area contributed by atoms with Gasteiger partial charge >= 0.3 is 0 Å². The number of aliphatic imine (C=N–C) groups is 1. The molecule has 5 heteroatoms. The van der Waals surface area contributed by atoms with Gasteiger partial charge < -0.3 is 20.4 Å². The summed E-state index contributed by atoms with van der Waals surface area (Å²) in [5, 5.41) is 7.11. The Kier molecular flexibility index (Phi) is 9.04. The van der Waals surface area contributed by atoms with Gasteiger partial charge in [-0.25, -0.2) is 0 Å². The maximum Gasteiger partial charge on any atom is 0.191 e. The largest absolute Gasteiger partial charge is 0.357 e. The molecule has 1 unspecified atom stereocenters. The highest BCUT2D eigenvalue weighted by Crippen LogP contribution is 2.13. The fourth-order valence-corrected chi connectivity index (χ4v) is 3.96. The first-order valence-corrected chi connectivity index (χ1v) is 10.6. The van der Waals surface area contributed by atoms with Gasteiger partial charge in [-0.3, -0.25) is 4.99 Å². The van der Waals surface area contributed by atoms with Gasteiger partial charge in [0.25, 0.3) is 0 Å². The van der Waals surface area contributed by atoms with Crippen molar-refractivity contribution in [1.29, 1.82) is 0 Å². The Balaban J connectivity index is 1.75. The Morgan fingerprint density at radius 1 is 1.04 bits per heavy atom. The lowest BCUT2D eigenvalue weighted by Gasteiger charge is -2.35. The van der Waals surface area contributed by atoms with E-state index >= 15 is 0 Å². The number of piperidine rings is 2. The van der Waals surface area contributed by atoms with Gasteiger partial charge in [0.1, 0.15) is 0 Å². The molecule has 146 valence electrons. The second kappa shape index (κ2) is 11.0. The van der Waals surface area contributed by atoms with Gasteiger partial charge in [-0.1, -0.05) is 13.3 Å². The molecule has 2 rings (SSSR count). The number of nitrogens with zero attached hydrogens (tertiary/aromatic N) is 3. The van der Waals surface area contributed by atoms with Crippen molar-refractivity contribution in [2.45, 2.75) is 71.9 Å². The third-order valence-corrected chi connectivity index (χ3v) is 5.52. The first-order valence-electron chi connectivity index (χ1n) is 10.6. The summed E-state index contributed by atoms with van der Waals surface area (Å²) in [6.45, 7) is 17.1. The van der Waals surface area contributed by atoms with Crippen LogP contribution < -0.4 is 10.6 Å². The SMILES string of the molecule is CCNC(=NCC(C)CN1CCCCC1)NC1CCN(C(C)C)CC1. The number of hydrogen-bond acceptors (Lipinski definition) is 3. The zero-order chi connectivity index (χ0) is 18.1. The van der Waals surface area contributed by atoms with Crippen LogP contribution in [-0.4, -0.2) is 73.7 Å². The zero-order valence-electron chi connectivity index (χ0n) is 17.1. The summed E-state index contributed by atoms with van der Waals surface area (Å²) in [5.74, 6) is 1.63. The number of likely N-dealkylation sites (tertiary alicyclic amines) is 2. The molecule has 2 aliphatic heterocycles. The molecule has 0 aromatic heterocycles. The van der Waals surface area contributed by atoms with Crippen LogP contribution in [0.5, 0.6) is 0 Å². The van der Waals surface area contributed by atoms with E-state index in [-0.39, 0.29) is 0 Å². The average molecular weight is 352 g/mol. The summed E-state index contributed by atoms with van der Waals surface area (Å²) >= 11 is 0. The Bertz CT molecular complexity index is 382. The lowest BCUT2D eigenvalue weighted by Crippen LogP contribution is -2.50. The highest BCUT2D eigenvalue weighted by molar-refractivity contribution is 5.80. The molecule has 5 nitrogen and oxygen atoms in total. The van der Waals surface area contributed by atoms with Crippen molar-refractivity contribution in [1.82, 2.24) is 20.4 Å². The van der Waals surface area contributed by atoms with Crippen LogP contribution in [-0.2, 0) is 0 Å². The van der Waals surface area contributed by atoms with Crippen LogP contribution in [0.2, 0.25) is 0 Å². The van der Waals surface area contributed by atoms with E-state index < -0.39 is 0 Å². The van der Waals surface area contributed by atoms with Crippen molar-refractivity contribution in [2.75, 3.05) is 45.8 Å². The van der Waals surface area contributed by atoms with E-state index in [0.29, 0.717) is 18.0 Å². The molecule has 0 aromatic carbocycles. The van der Waals surface area contributed by atoms with Gasteiger partial charge in [-0.15, -0.1) is 0 Å². The first-order chi connectivity index (χ1) is 12.1. The fourth-order valence-electron chi connectivity index (χ4n) is 3.96. The molecule has 2 saturated heterocycles. The second-order valence-corrected chi connectivity index (χ2v) is 8.23. The van der Waals surface area contributed by atoms with Crippen LogP contribution in [0.4, 0.5) is 0 Å².